The van der Waals surface area contributed by atoms with Crippen LogP contribution >= 0.6 is 0 Å². The van der Waals surface area contributed by atoms with Crippen LogP contribution in [0.25, 0.3) is 22.1 Å². The van der Waals surface area contributed by atoms with Crippen LogP contribution in [0.3, 0.4) is 0 Å². The Morgan fingerprint density at radius 3 is 2.53 bits per heavy atom. The van der Waals surface area contributed by atoms with E-state index in [0.29, 0.717) is 41.2 Å². The van der Waals surface area contributed by atoms with Gasteiger partial charge in [0.15, 0.2) is 16.9 Å². The maximum Gasteiger partial charge on any atom is 0.229 e. The molecule has 0 radical (unpaired) electrons. The number of hydrogen-bond donors (Lipinski definition) is 4. The molecule has 0 unspecified atom stereocenters. The van der Waals surface area contributed by atoms with Crippen molar-refractivity contribution < 1.29 is 43.8 Å². The Labute approximate surface area is 193 Å². The predicted molar refractivity (Wildman–Crippen MR) is 118 cm³/mol. The SMILES string of the molecule is O=c1c(-c2ccc3c(c2)OCCCO3)coc2cc(O[C@H]3O[C@@H](CO)[C@@H](O)[C@@H](O)[C@@H]3O)ccc12. The van der Waals surface area contributed by atoms with Gasteiger partial charge in [0.1, 0.15) is 42.0 Å². The van der Waals surface area contributed by atoms with E-state index < -0.39 is 37.3 Å². The first-order valence-electron chi connectivity index (χ1n) is 10.9. The standard InChI is InChI=1S/C24H24O10/c25-10-19-21(27)22(28)23(29)24(34-19)33-13-3-4-14-17(9-13)32-11-15(20(14)26)12-2-5-16-18(8-12)31-7-1-6-30-16/h2-5,8-9,11,19,21-25,27-29H,1,6-7,10H2/t19-,21+,22+,23-,24-/m0/s1. The van der Waals surface area contributed by atoms with E-state index in [1.807, 2.05) is 0 Å². The molecule has 2 aliphatic rings. The summed E-state index contributed by atoms with van der Waals surface area (Å²) in [5.74, 6) is 1.39. The average Bonchev–Trinajstić information content (AvgIpc) is 3.09. The molecule has 3 heterocycles. The molecule has 1 saturated heterocycles. The number of aliphatic hydroxyl groups excluding tert-OH is 4. The third-order valence-electron chi connectivity index (χ3n) is 5.91. The van der Waals surface area contributed by atoms with Crippen LogP contribution in [0.2, 0.25) is 0 Å². The Balaban J connectivity index is 1.42. The minimum atomic E-state index is -1.56. The fourth-order valence-corrected chi connectivity index (χ4v) is 4.01. The van der Waals surface area contributed by atoms with E-state index in [9.17, 15) is 25.2 Å². The minimum absolute atomic E-state index is 0.198. The van der Waals surface area contributed by atoms with Crippen molar-refractivity contribution in [2.45, 2.75) is 37.1 Å². The van der Waals surface area contributed by atoms with Gasteiger partial charge < -0.3 is 43.8 Å². The Kier molecular flexibility index (Phi) is 6.15. The zero-order valence-corrected chi connectivity index (χ0v) is 18.0. The fraction of sp³-hybridized carbons (Fsp3) is 0.375. The van der Waals surface area contributed by atoms with Crippen molar-refractivity contribution in [3.63, 3.8) is 0 Å². The van der Waals surface area contributed by atoms with Crippen molar-refractivity contribution in [2.75, 3.05) is 19.8 Å². The molecule has 2 aliphatic heterocycles. The van der Waals surface area contributed by atoms with Gasteiger partial charge in [-0.25, -0.2) is 0 Å². The second kappa shape index (κ2) is 9.24. The summed E-state index contributed by atoms with van der Waals surface area (Å²) in [4.78, 5) is 13.2. The molecule has 180 valence electrons. The summed E-state index contributed by atoms with van der Waals surface area (Å²) in [6.07, 6.45) is -4.93. The van der Waals surface area contributed by atoms with Crippen molar-refractivity contribution in [3.05, 3.63) is 52.9 Å². The average molecular weight is 472 g/mol. The largest absolute Gasteiger partial charge is 0.490 e. The Bertz CT molecular complexity index is 1240. The first-order chi connectivity index (χ1) is 16.5. The van der Waals surface area contributed by atoms with E-state index >= 15 is 0 Å². The summed E-state index contributed by atoms with van der Waals surface area (Å²) in [6, 6.07) is 9.75. The number of fused-ring (bicyclic) bond motifs is 2. The maximum absolute atomic E-state index is 13.2. The topological polar surface area (TPSA) is 148 Å². The number of rotatable bonds is 4. The van der Waals surface area contributed by atoms with Crippen molar-refractivity contribution in [1.29, 1.82) is 0 Å². The highest BCUT2D eigenvalue weighted by molar-refractivity contribution is 5.83. The van der Waals surface area contributed by atoms with Crippen molar-refractivity contribution in [2.24, 2.45) is 0 Å². The second-order valence-electron chi connectivity index (χ2n) is 8.16. The van der Waals surface area contributed by atoms with Crippen LogP contribution in [0.15, 0.2) is 51.9 Å². The summed E-state index contributed by atoms with van der Waals surface area (Å²) < 4.78 is 28.0. The molecule has 3 aromatic rings. The van der Waals surface area contributed by atoms with Crippen LogP contribution in [-0.4, -0.2) is 71.0 Å². The highest BCUT2D eigenvalue weighted by Crippen LogP contribution is 2.34. The lowest BCUT2D eigenvalue weighted by Gasteiger charge is -2.39. The van der Waals surface area contributed by atoms with Crippen molar-refractivity contribution >= 4 is 11.0 Å². The first-order valence-corrected chi connectivity index (χ1v) is 10.9. The van der Waals surface area contributed by atoms with Gasteiger partial charge in [0.2, 0.25) is 6.29 Å². The quantitative estimate of drug-likeness (QED) is 0.430. The Hall–Kier alpha value is -3.15. The molecule has 5 atom stereocenters. The smallest absolute Gasteiger partial charge is 0.229 e. The number of aliphatic hydroxyl groups is 4. The number of ether oxygens (including phenoxy) is 4. The number of hydrogen-bond acceptors (Lipinski definition) is 10. The lowest BCUT2D eigenvalue weighted by atomic mass is 9.99. The van der Waals surface area contributed by atoms with E-state index in [1.54, 1.807) is 18.2 Å². The van der Waals surface area contributed by atoms with E-state index in [0.717, 1.165) is 6.42 Å². The lowest BCUT2D eigenvalue weighted by Crippen LogP contribution is -2.60. The fourth-order valence-electron chi connectivity index (χ4n) is 4.01. The van der Waals surface area contributed by atoms with Crippen LogP contribution < -0.4 is 19.6 Å². The zero-order valence-electron chi connectivity index (χ0n) is 18.0. The molecular weight excluding hydrogens is 448 g/mol. The van der Waals surface area contributed by atoms with Crippen LogP contribution in [-0.2, 0) is 4.74 Å². The van der Waals surface area contributed by atoms with Crippen molar-refractivity contribution in [1.82, 2.24) is 0 Å². The summed E-state index contributed by atoms with van der Waals surface area (Å²) in [6.45, 7) is 0.526. The third-order valence-corrected chi connectivity index (χ3v) is 5.91. The molecule has 10 nitrogen and oxygen atoms in total. The highest BCUT2D eigenvalue weighted by Gasteiger charge is 2.44. The lowest BCUT2D eigenvalue weighted by molar-refractivity contribution is -0.277. The van der Waals surface area contributed by atoms with Crippen molar-refractivity contribution in [3.8, 4) is 28.4 Å². The van der Waals surface area contributed by atoms with Gasteiger partial charge >= 0.3 is 0 Å². The third kappa shape index (κ3) is 4.10. The van der Waals surface area contributed by atoms with Gasteiger partial charge in [-0.3, -0.25) is 4.79 Å². The van der Waals surface area contributed by atoms with Crippen LogP contribution in [0.1, 0.15) is 6.42 Å². The minimum Gasteiger partial charge on any atom is -0.490 e. The first kappa shape index (κ1) is 22.6. The van der Waals surface area contributed by atoms with Gasteiger partial charge in [-0.05, 0) is 29.8 Å². The summed E-state index contributed by atoms with van der Waals surface area (Å²) >= 11 is 0. The van der Waals surface area contributed by atoms with E-state index in [-0.39, 0.29) is 16.8 Å². The van der Waals surface area contributed by atoms with Crippen LogP contribution in [0.4, 0.5) is 0 Å². The van der Waals surface area contributed by atoms with Gasteiger partial charge in [0.05, 0.1) is 30.8 Å². The van der Waals surface area contributed by atoms with E-state index in [2.05, 4.69) is 0 Å². The molecule has 1 fully saturated rings. The Morgan fingerprint density at radius 1 is 0.941 bits per heavy atom. The molecular formula is C24H24O10. The molecule has 0 amide bonds. The predicted octanol–water partition coefficient (Wildman–Crippen LogP) is 0.800. The highest BCUT2D eigenvalue weighted by atomic mass is 16.7. The van der Waals surface area contributed by atoms with Gasteiger partial charge in [0.25, 0.3) is 0 Å². The van der Waals surface area contributed by atoms with Gasteiger partial charge in [-0.1, -0.05) is 6.07 Å². The Morgan fingerprint density at radius 2 is 1.74 bits per heavy atom. The normalized spacial score (nSPS) is 26.8. The molecule has 2 aromatic carbocycles. The van der Waals surface area contributed by atoms with Gasteiger partial charge in [-0.2, -0.15) is 0 Å². The van der Waals surface area contributed by atoms with Gasteiger partial charge in [0, 0.05) is 12.5 Å². The molecule has 0 saturated carbocycles. The summed E-state index contributed by atoms with van der Waals surface area (Å²) in [7, 11) is 0. The molecule has 1 aromatic heterocycles. The molecule has 34 heavy (non-hydrogen) atoms. The molecule has 4 N–H and O–H groups in total. The molecule has 0 spiro atoms. The van der Waals surface area contributed by atoms with Crippen LogP contribution in [0, 0.1) is 0 Å². The monoisotopic (exact) mass is 472 g/mol. The molecule has 5 rings (SSSR count). The number of benzene rings is 2. The summed E-state index contributed by atoms with van der Waals surface area (Å²) in [5, 5.41) is 39.6. The van der Waals surface area contributed by atoms with Gasteiger partial charge in [-0.15, -0.1) is 0 Å². The van der Waals surface area contributed by atoms with E-state index in [4.69, 9.17) is 23.4 Å². The summed E-state index contributed by atoms with van der Waals surface area (Å²) in [5.41, 5.74) is 0.965. The second-order valence-corrected chi connectivity index (χ2v) is 8.16. The molecule has 10 heteroatoms. The molecule has 0 aliphatic carbocycles. The van der Waals surface area contributed by atoms with E-state index in [1.165, 1.54) is 24.5 Å². The zero-order chi connectivity index (χ0) is 23.8. The molecule has 0 bridgehead atoms. The van der Waals surface area contributed by atoms with Crippen LogP contribution in [0.5, 0.6) is 17.2 Å². The maximum atomic E-state index is 13.2.